The summed E-state index contributed by atoms with van der Waals surface area (Å²) in [6.07, 6.45) is 4.65. The molecule has 0 saturated carbocycles. The van der Waals surface area contributed by atoms with Crippen molar-refractivity contribution in [2.75, 3.05) is 33.3 Å². The smallest absolute Gasteiger partial charge is 0.0445 e. The first-order valence-corrected chi connectivity index (χ1v) is 6.29. The molecule has 1 atom stereocenters. The fourth-order valence-electron chi connectivity index (χ4n) is 2.21. The predicted molar refractivity (Wildman–Crippen MR) is 64.0 cm³/mol. The van der Waals surface area contributed by atoms with Gasteiger partial charge in [-0.05, 0) is 58.3 Å². The van der Waals surface area contributed by atoms with Crippen molar-refractivity contribution in [1.82, 2.24) is 10.2 Å². The van der Waals surface area contributed by atoms with E-state index in [1.807, 2.05) is 0 Å². The first-order chi connectivity index (χ1) is 7.26. The fourth-order valence-corrected chi connectivity index (χ4v) is 2.21. The van der Waals surface area contributed by atoms with Gasteiger partial charge in [0.2, 0.25) is 0 Å². The monoisotopic (exact) mass is 214 g/mol. The molecule has 1 rings (SSSR count). The quantitative estimate of drug-likeness (QED) is 0.694. The third-order valence-corrected chi connectivity index (χ3v) is 3.50. The van der Waals surface area contributed by atoms with Crippen molar-refractivity contribution in [3.8, 4) is 0 Å². The number of hydrogen-bond donors (Lipinski definition) is 2. The van der Waals surface area contributed by atoms with E-state index < -0.39 is 0 Å². The highest BCUT2D eigenvalue weighted by Gasteiger charge is 2.17. The Labute approximate surface area is 93.9 Å². The molecule has 0 aromatic heterocycles. The van der Waals surface area contributed by atoms with Crippen molar-refractivity contribution in [1.29, 1.82) is 0 Å². The number of hydrogen-bond acceptors (Lipinski definition) is 3. The average Bonchev–Trinajstić information content (AvgIpc) is 2.26. The standard InChI is InChI=1S/C12H26N2O/c1-3-12(6-9-15)13-10-11-4-7-14(2)8-5-11/h11-13,15H,3-10H2,1-2H3. The van der Waals surface area contributed by atoms with Crippen LogP contribution in [0.4, 0.5) is 0 Å². The third kappa shape index (κ3) is 4.96. The molecule has 1 aliphatic rings. The second kappa shape index (κ2) is 7.20. The Morgan fingerprint density at radius 1 is 1.40 bits per heavy atom. The molecule has 1 aliphatic heterocycles. The zero-order valence-corrected chi connectivity index (χ0v) is 10.2. The Bertz CT molecular complexity index is 156. The molecule has 0 amide bonds. The van der Waals surface area contributed by atoms with E-state index in [2.05, 4.69) is 24.2 Å². The molecular weight excluding hydrogens is 188 g/mol. The highest BCUT2D eigenvalue weighted by molar-refractivity contribution is 4.74. The van der Waals surface area contributed by atoms with Gasteiger partial charge in [-0.3, -0.25) is 0 Å². The summed E-state index contributed by atoms with van der Waals surface area (Å²) in [5, 5.41) is 12.5. The minimum Gasteiger partial charge on any atom is -0.396 e. The molecule has 15 heavy (non-hydrogen) atoms. The Hall–Kier alpha value is -0.120. The van der Waals surface area contributed by atoms with Gasteiger partial charge >= 0.3 is 0 Å². The second-order valence-corrected chi connectivity index (χ2v) is 4.77. The van der Waals surface area contributed by atoms with Crippen LogP contribution in [0.5, 0.6) is 0 Å². The number of piperidine rings is 1. The fraction of sp³-hybridized carbons (Fsp3) is 1.00. The van der Waals surface area contributed by atoms with Gasteiger partial charge in [-0.1, -0.05) is 6.92 Å². The molecule has 0 aliphatic carbocycles. The molecule has 0 spiro atoms. The minimum atomic E-state index is 0.304. The van der Waals surface area contributed by atoms with E-state index in [0.29, 0.717) is 12.6 Å². The van der Waals surface area contributed by atoms with Gasteiger partial charge in [0.25, 0.3) is 0 Å². The normalized spacial score (nSPS) is 21.8. The lowest BCUT2D eigenvalue weighted by atomic mass is 9.96. The minimum absolute atomic E-state index is 0.304. The van der Waals surface area contributed by atoms with E-state index in [0.717, 1.165) is 25.3 Å². The summed E-state index contributed by atoms with van der Waals surface area (Å²) in [4.78, 5) is 2.40. The van der Waals surface area contributed by atoms with Gasteiger partial charge in [-0.25, -0.2) is 0 Å². The van der Waals surface area contributed by atoms with Crippen LogP contribution in [0.3, 0.4) is 0 Å². The molecule has 1 fully saturated rings. The third-order valence-electron chi connectivity index (χ3n) is 3.50. The van der Waals surface area contributed by atoms with E-state index >= 15 is 0 Å². The zero-order chi connectivity index (χ0) is 11.1. The topological polar surface area (TPSA) is 35.5 Å². The summed E-state index contributed by atoms with van der Waals surface area (Å²) >= 11 is 0. The van der Waals surface area contributed by atoms with Gasteiger partial charge in [-0.2, -0.15) is 0 Å². The molecule has 0 radical (unpaired) electrons. The Morgan fingerprint density at radius 3 is 2.60 bits per heavy atom. The van der Waals surface area contributed by atoms with Crippen LogP contribution in [-0.2, 0) is 0 Å². The van der Waals surface area contributed by atoms with Crippen LogP contribution in [0.15, 0.2) is 0 Å². The van der Waals surface area contributed by atoms with Crippen LogP contribution in [-0.4, -0.2) is 49.3 Å². The number of rotatable bonds is 6. The summed E-state index contributed by atoms with van der Waals surface area (Å²) < 4.78 is 0. The SMILES string of the molecule is CCC(CCO)NCC1CCN(C)CC1. The highest BCUT2D eigenvalue weighted by atomic mass is 16.3. The Balaban J connectivity index is 2.12. The molecule has 1 unspecified atom stereocenters. The Kier molecular flexibility index (Phi) is 6.22. The molecule has 1 heterocycles. The maximum atomic E-state index is 8.89. The number of likely N-dealkylation sites (tertiary alicyclic amines) is 1. The van der Waals surface area contributed by atoms with E-state index in [-0.39, 0.29) is 0 Å². The average molecular weight is 214 g/mol. The van der Waals surface area contributed by atoms with E-state index in [9.17, 15) is 0 Å². The molecule has 90 valence electrons. The number of aliphatic hydroxyl groups is 1. The molecule has 0 bridgehead atoms. The van der Waals surface area contributed by atoms with Gasteiger partial charge in [0.15, 0.2) is 0 Å². The number of nitrogens with one attached hydrogen (secondary N) is 1. The first kappa shape index (κ1) is 12.9. The van der Waals surface area contributed by atoms with Crippen molar-refractivity contribution < 1.29 is 5.11 Å². The lowest BCUT2D eigenvalue weighted by molar-refractivity contribution is 0.206. The van der Waals surface area contributed by atoms with E-state index in [4.69, 9.17) is 5.11 Å². The lowest BCUT2D eigenvalue weighted by Gasteiger charge is -2.30. The van der Waals surface area contributed by atoms with Crippen molar-refractivity contribution >= 4 is 0 Å². The van der Waals surface area contributed by atoms with Crippen molar-refractivity contribution in [2.45, 2.75) is 38.6 Å². The molecule has 1 saturated heterocycles. The molecule has 0 aromatic carbocycles. The Morgan fingerprint density at radius 2 is 2.07 bits per heavy atom. The summed E-state index contributed by atoms with van der Waals surface area (Å²) in [5.74, 6) is 0.842. The second-order valence-electron chi connectivity index (χ2n) is 4.77. The number of nitrogens with zero attached hydrogens (tertiary/aromatic N) is 1. The van der Waals surface area contributed by atoms with Crippen molar-refractivity contribution in [3.63, 3.8) is 0 Å². The summed E-state index contributed by atoms with van der Waals surface area (Å²) in [6.45, 7) is 6.10. The summed E-state index contributed by atoms with van der Waals surface area (Å²) in [7, 11) is 2.20. The first-order valence-electron chi connectivity index (χ1n) is 6.29. The van der Waals surface area contributed by atoms with E-state index in [1.165, 1.54) is 25.9 Å². The van der Waals surface area contributed by atoms with Gasteiger partial charge in [0, 0.05) is 12.6 Å². The maximum absolute atomic E-state index is 8.89. The number of aliphatic hydroxyl groups excluding tert-OH is 1. The molecular formula is C12H26N2O. The lowest BCUT2D eigenvalue weighted by Crippen LogP contribution is -2.38. The van der Waals surface area contributed by atoms with Gasteiger partial charge in [-0.15, -0.1) is 0 Å². The van der Waals surface area contributed by atoms with Crippen LogP contribution in [0.2, 0.25) is 0 Å². The van der Waals surface area contributed by atoms with Crippen LogP contribution in [0, 0.1) is 5.92 Å². The predicted octanol–water partition coefficient (Wildman–Crippen LogP) is 1.08. The maximum Gasteiger partial charge on any atom is 0.0445 e. The molecule has 2 N–H and O–H groups in total. The summed E-state index contributed by atoms with van der Waals surface area (Å²) in [5.41, 5.74) is 0. The largest absolute Gasteiger partial charge is 0.396 e. The van der Waals surface area contributed by atoms with Crippen molar-refractivity contribution in [3.05, 3.63) is 0 Å². The van der Waals surface area contributed by atoms with Gasteiger partial charge < -0.3 is 15.3 Å². The van der Waals surface area contributed by atoms with Crippen molar-refractivity contribution in [2.24, 2.45) is 5.92 Å². The van der Waals surface area contributed by atoms with Gasteiger partial charge in [0.1, 0.15) is 0 Å². The molecule has 3 nitrogen and oxygen atoms in total. The summed E-state index contributed by atoms with van der Waals surface area (Å²) in [6, 6.07) is 0.509. The molecule has 3 heteroatoms. The van der Waals surface area contributed by atoms with Crippen LogP contribution < -0.4 is 5.32 Å². The van der Waals surface area contributed by atoms with Crippen LogP contribution >= 0.6 is 0 Å². The zero-order valence-electron chi connectivity index (χ0n) is 10.2. The highest BCUT2D eigenvalue weighted by Crippen LogP contribution is 2.15. The van der Waals surface area contributed by atoms with Gasteiger partial charge in [0.05, 0.1) is 0 Å². The van der Waals surface area contributed by atoms with Crippen LogP contribution in [0.25, 0.3) is 0 Å². The molecule has 0 aromatic rings. The van der Waals surface area contributed by atoms with Crippen LogP contribution in [0.1, 0.15) is 32.6 Å². The van der Waals surface area contributed by atoms with E-state index in [1.54, 1.807) is 0 Å².